The number of aromatic nitrogens is 1. The highest BCUT2D eigenvalue weighted by molar-refractivity contribution is 6.51. The Hall–Kier alpha value is -4.46. The number of benzene rings is 2. The van der Waals surface area contributed by atoms with Crippen LogP contribution in [0.3, 0.4) is 0 Å². The molecule has 0 aliphatic carbocycles. The Morgan fingerprint density at radius 2 is 1.81 bits per heavy atom. The van der Waals surface area contributed by atoms with Gasteiger partial charge in [0, 0.05) is 17.4 Å². The first-order valence-corrected chi connectivity index (χ1v) is 12.0. The van der Waals surface area contributed by atoms with E-state index in [1.165, 1.54) is 4.90 Å². The fraction of sp³-hybridized carbons (Fsp3) is 0.241. The van der Waals surface area contributed by atoms with E-state index in [-0.39, 0.29) is 36.4 Å². The lowest BCUT2D eigenvalue weighted by atomic mass is 9.98. The predicted octanol–water partition coefficient (Wildman–Crippen LogP) is 4.60. The summed E-state index contributed by atoms with van der Waals surface area (Å²) < 4.78 is 10.7. The molecule has 1 fully saturated rings. The van der Waals surface area contributed by atoms with Gasteiger partial charge in [-0.05, 0) is 62.7 Å². The molecule has 1 aromatic heterocycles. The van der Waals surface area contributed by atoms with Crippen LogP contribution >= 0.6 is 0 Å². The second kappa shape index (κ2) is 11.1. The number of nitrogens with zero attached hydrogens (tertiary/aromatic N) is 2. The monoisotopic (exact) mass is 500 g/mol. The summed E-state index contributed by atoms with van der Waals surface area (Å²) in [5.74, 6) is -1.75. The molecule has 1 atom stereocenters. The summed E-state index contributed by atoms with van der Waals surface area (Å²) in [6.07, 6.45) is 1.57. The Morgan fingerprint density at radius 3 is 2.46 bits per heavy atom. The van der Waals surface area contributed by atoms with Crippen LogP contribution in [0.25, 0.3) is 5.76 Å². The van der Waals surface area contributed by atoms with Crippen LogP contribution in [0.1, 0.15) is 43.6 Å². The van der Waals surface area contributed by atoms with Gasteiger partial charge in [0.15, 0.2) is 0 Å². The topological polar surface area (TPSA) is 106 Å². The third kappa shape index (κ3) is 5.53. The van der Waals surface area contributed by atoms with E-state index in [4.69, 9.17) is 9.47 Å². The van der Waals surface area contributed by atoms with Crippen molar-refractivity contribution >= 4 is 29.1 Å². The Kier molecular flexibility index (Phi) is 7.67. The molecule has 0 bridgehead atoms. The van der Waals surface area contributed by atoms with Crippen LogP contribution in [-0.2, 0) is 25.5 Å². The van der Waals surface area contributed by atoms with Gasteiger partial charge in [-0.15, -0.1) is 0 Å². The van der Waals surface area contributed by atoms with Crippen molar-refractivity contribution < 1.29 is 29.0 Å². The smallest absolute Gasteiger partial charge is 0.310 e. The highest BCUT2D eigenvalue weighted by atomic mass is 16.5. The minimum atomic E-state index is -0.952. The number of hydrogen-bond acceptors (Lipinski definition) is 7. The van der Waals surface area contributed by atoms with Crippen LogP contribution in [0.4, 0.5) is 5.69 Å². The van der Waals surface area contributed by atoms with Crippen LogP contribution < -0.4 is 9.64 Å². The molecule has 1 amide bonds. The van der Waals surface area contributed by atoms with Gasteiger partial charge in [-0.2, -0.15) is 0 Å². The van der Waals surface area contributed by atoms with Crippen LogP contribution in [0.2, 0.25) is 0 Å². The van der Waals surface area contributed by atoms with Gasteiger partial charge in [-0.1, -0.05) is 30.3 Å². The van der Waals surface area contributed by atoms with E-state index in [2.05, 4.69) is 4.98 Å². The summed E-state index contributed by atoms with van der Waals surface area (Å²) in [6, 6.07) is 17.7. The zero-order chi connectivity index (χ0) is 26.5. The first-order chi connectivity index (χ1) is 17.8. The third-order valence-electron chi connectivity index (χ3n) is 5.76. The number of ether oxygens (including phenoxy) is 2. The van der Waals surface area contributed by atoms with Gasteiger partial charge in [0.1, 0.15) is 17.6 Å². The minimum absolute atomic E-state index is 0.0685. The number of rotatable bonds is 8. The van der Waals surface area contributed by atoms with Gasteiger partial charge in [0.05, 0.1) is 30.4 Å². The average molecular weight is 501 g/mol. The zero-order valence-electron chi connectivity index (χ0n) is 20.9. The average Bonchev–Trinajstić information content (AvgIpc) is 3.15. The van der Waals surface area contributed by atoms with Crippen molar-refractivity contribution in [1.29, 1.82) is 0 Å². The molecule has 0 saturated carbocycles. The quantitative estimate of drug-likeness (QED) is 0.209. The Balaban J connectivity index is 1.78. The molecule has 8 heteroatoms. The number of hydrogen-bond donors (Lipinski definition) is 1. The summed E-state index contributed by atoms with van der Waals surface area (Å²) in [6.45, 7) is 5.80. The first-order valence-electron chi connectivity index (χ1n) is 12.0. The van der Waals surface area contributed by atoms with Crippen molar-refractivity contribution in [2.45, 2.75) is 39.3 Å². The van der Waals surface area contributed by atoms with E-state index < -0.39 is 17.7 Å². The maximum absolute atomic E-state index is 13.3. The SMILES string of the molecule is CCOC(=O)Cc1ccc(N2C(=O)C(=O)/C(=C(\O)c3cccc(OC(C)C)c3)C2c2ccccn2)cc1. The molecule has 1 unspecified atom stereocenters. The molecule has 190 valence electrons. The molecule has 3 aromatic rings. The third-order valence-corrected chi connectivity index (χ3v) is 5.76. The minimum Gasteiger partial charge on any atom is -0.507 e. The Morgan fingerprint density at radius 1 is 1.05 bits per heavy atom. The maximum atomic E-state index is 13.3. The fourth-order valence-electron chi connectivity index (χ4n) is 4.21. The molecule has 0 radical (unpaired) electrons. The Labute approximate surface area is 215 Å². The van der Waals surface area contributed by atoms with E-state index in [9.17, 15) is 19.5 Å². The van der Waals surface area contributed by atoms with Crippen molar-refractivity contribution in [3.63, 3.8) is 0 Å². The predicted molar refractivity (Wildman–Crippen MR) is 138 cm³/mol. The molecule has 0 spiro atoms. The van der Waals surface area contributed by atoms with E-state index in [1.807, 2.05) is 13.8 Å². The Bertz CT molecular complexity index is 1330. The first kappa shape index (κ1) is 25.6. The van der Waals surface area contributed by atoms with Gasteiger partial charge in [0.25, 0.3) is 11.7 Å². The van der Waals surface area contributed by atoms with Gasteiger partial charge in [-0.25, -0.2) is 0 Å². The fourth-order valence-corrected chi connectivity index (χ4v) is 4.21. The molecule has 37 heavy (non-hydrogen) atoms. The largest absolute Gasteiger partial charge is 0.507 e. The second-order valence-corrected chi connectivity index (χ2v) is 8.77. The summed E-state index contributed by atoms with van der Waals surface area (Å²) in [5.41, 5.74) is 1.84. The summed E-state index contributed by atoms with van der Waals surface area (Å²) in [7, 11) is 0. The molecule has 4 rings (SSSR count). The highest BCUT2D eigenvalue weighted by Crippen LogP contribution is 2.41. The lowest BCUT2D eigenvalue weighted by Gasteiger charge is -2.24. The number of Topliss-reactive ketones (excluding diaryl/α,β-unsaturated/α-hetero) is 1. The molecule has 1 aliphatic heterocycles. The molecule has 1 N–H and O–H groups in total. The van der Waals surface area contributed by atoms with Gasteiger partial charge < -0.3 is 14.6 Å². The van der Waals surface area contributed by atoms with Gasteiger partial charge in [-0.3, -0.25) is 24.3 Å². The van der Waals surface area contributed by atoms with Crippen molar-refractivity contribution in [2.75, 3.05) is 11.5 Å². The number of amides is 1. The summed E-state index contributed by atoms with van der Waals surface area (Å²) >= 11 is 0. The van der Waals surface area contributed by atoms with Crippen molar-refractivity contribution in [2.24, 2.45) is 0 Å². The molecule has 8 nitrogen and oxygen atoms in total. The highest BCUT2D eigenvalue weighted by Gasteiger charge is 2.47. The summed E-state index contributed by atoms with van der Waals surface area (Å²) in [5, 5.41) is 11.3. The lowest BCUT2D eigenvalue weighted by Crippen LogP contribution is -2.29. The number of anilines is 1. The molecular weight excluding hydrogens is 472 g/mol. The van der Waals surface area contributed by atoms with E-state index in [0.717, 1.165) is 0 Å². The van der Waals surface area contributed by atoms with Gasteiger partial charge >= 0.3 is 5.97 Å². The standard InChI is InChI=1S/C29H28N2O6/c1-4-36-24(32)16-19-11-13-21(14-12-19)31-26(23-10-5-6-15-30-23)25(28(34)29(31)35)27(33)20-8-7-9-22(17-20)37-18(2)3/h5-15,17-18,26,33H,4,16H2,1-3H3/b27-25-. The van der Waals surface area contributed by atoms with Crippen LogP contribution in [0, 0.1) is 0 Å². The van der Waals surface area contributed by atoms with Crippen LogP contribution in [-0.4, -0.2) is 40.5 Å². The van der Waals surface area contributed by atoms with E-state index in [1.54, 1.807) is 79.9 Å². The summed E-state index contributed by atoms with van der Waals surface area (Å²) in [4.78, 5) is 44.2. The van der Waals surface area contributed by atoms with Crippen molar-refractivity contribution in [3.8, 4) is 5.75 Å². The number of carbonyl (C=O) groups is 3. The van der Waals surface area contributed by atoms with Crippen molar-refractivity contribution in [1.82, 2.24) is 4.98 Å². The zero-order valence-corrected chi connectivity index (χ0v) is 20.9. The number of esters is 1. The maximum Gasteiger partial charge on any atom is 0.310 e. The second-order valence-electron chi connectivity index (χ2n) is 8.77. The van der Waals surface area contributed by atoms with Crippen LogP contribution in [0.15, 0.2) is 78.5 Å². The number of aliphatic hydroxyl groups is 1. The van der Waals surface area contributed by atoms with E-state index in [0.29, 0.717) is 28.3 Å². The van der Waals surface area contributed by atoms with Crippen molar-refractivity contribution in [3.05, 3.63) is 95.3 Å². The van der Waals surface area contributed by atoms with Gasteiger partial charge in [0.2, 0.25) is 0 Å². The molecule has 1 saturated heterocycles. The number of ketones is 1. The molecule has 1 aliphatic rings. The molecule has 2 heterocycles. The number of pyridine rings is 1. The number of aliphatic hydroxyl groups excluding tert-OH is 1. The van der Waals surface area contributed by atoms with E-state index >= 15 is 0 Å². The molecule has 2 aromatic carbocycles. The number of carbonyl (C=O) groups excluding carboxylic acids is 3. The normalized spacial score (nSPS) is 16.8. The lowest BCUT2D eigenvalue weighted by molar-refractivity contribution is -0.142. The van der Waals surface area contributed by atoms with Crippen LogP contribution in [0.5, 0.6) is 5.75 Å². The molecular formula is C29H28N2O6.